The van der Waals surface area contributed by atoms with Crippen molar-refractivity contribution >= 4 is 34.9 Å². The number of nitrogen functional groups attached to an aromatic ring is 1. The van der Waals surface area contributed by atoms with Crippen molar-refractivity contribution in [1.82, 2.24) is 4.98 Å². The highest BCUT2D eigenvalue weighted by molar-refractivity contribution is 6.32. The van der Waals surface area contributed by atoms with Gasteiger partial charge in [0.1, 0.15) is 23.2 Å². The number of hydrazone groups is 1. The molecule has 10 nitrogen and oxygen atoms in total. The smallest absolute Gasteiger partial charge is 0.280 e. The van der Waals surface area contributed by atoms with Crippen LogP contribution in [-0.2, 0) is 4.79 Å². The molecule has 0 bridgehead atoms. The van der Waals surface area contributed by atoms with Gasteiger partial charge >= 0.3 is 0 Å². The minimum Gasteiger partial charge on any atom is -0.507 e. The number of phenolic OH excluding ortho intramolecular Hbond substituents is 1. The van der Waals surface area contributed by atoms with Crippen molar-refractivity contribution in [2.24, 2.45) is 5.10 Å². The molecule has 10 heteroatoms. The molecule has 2 heterocycles. The number of benzene rings is 2. The topological polar surface area (TPSA) is 159 Å². The summed E-state index contributed by atoms with van der Waals surface area (Å²) in [6, 6.07) is 12.4. The van der Waals surface area contributed by atoms with Gasteiger partial charge in [-0.15, -0.1) is 0 Å². The second-order valence-corrected chi connectivity index (χ2v) is 7.98. The van der Waals surface area contributed by atoms with Crippen LogP contribution in [0.4, 0.5) is 17.2 Å². The maximum atomic E-state index is 13.1. The van der Waals surface area contributed by atoms with Crippen LogP contribution in [-0.4, -0.2) is 26.6 Å². The molecule has 35 heavy (non-hydrogen) atoms. The molecular weight excluding hydrogens is 448 g/mol. The van der Waals surface area contributed by atoms with Gasteiger partial charge in [-0.25, -0.2) is 4.98 Å². The number of aryl methyl sites for hydroxylation is 1. The lowest BCUT2D eigenvalue weighted by molar-refractivity contribution is -0.384. The summed E-state index contributed by atoms with van der Waals surface area (Å²) >= 11 is 0. The Kier molecular flexibility index (Phi) is 5.76. The second kappa shape index (κ2) is 8.72. The molecule has 0 atom stereocenters. The van der Waals surface area contributed by atoms with Crippen LogP contribution < -0.4 is 10.7 Å². The Morgan fingerprint density at radius 1 is 1.17 bits per heavy atom. The largest absolute Gasteiger partial charge is 0.507 e. The number of nitro benzene ring substituents is 1. The van der Waals surface area contributed by atoms with E-state index in [-0.39, 0.29) is 22.8 Å². The summed E-state index contributed by atoms with van der Waals surface area (Å²) in [6.45, 7) is 5.24. The minimum atomic E-state index is -0.519. The standard InChI is InChI=1S/C25H20N6O4/c1-13-14(2)28-24(27)21(12-26)23(13)20-11-16(4-9-22(20)32)10-19-15(3)29-30(25(19)33)17-5-7-18(8-6-17)31(34)35/h4-11,32H,1-3H3,(H2,27,28)/b19-10-. The van der Waals surface area contributed by atoms with Crippen LogP contribution in [0.25, 0.3) is 17.2 Å². The van der Waals surface area contributed by atoms with E-state index >= 15 is 0 Å². The zero-order valence-corrected chi connectivity index (χ0v) is 19.1. The molecule has 1 aromatic heterocycles. The van der Waals surface area contributed by atoms with Crippen LogP contribution in [0.5, 0.6) is 5.75 Å². The van der Waals surface area contributed by atoms with Gasteiger partial charge in [-0.2, -0.15) is 15.4 Å². The van der Waals surface area contributed by atoms with Gasteiger partial charge in [0, 0.05) is 29.0 Å². The number of amides is 1. The monoisotopic (exact) mass is 468 g/mol. The van der Waals surface area contributed by atoms with Crippen molar-refractivity contribution < 1.29 is 14.8 Å². The van der Waals surface area contributed by atoms with Gasteiger partial charge in [-0.05, 0) is 62.2 Å². The third-order valence-corrected chi connectivity index (χ3v) is 5.79. The normalized spacial score (nSPS) is 14.2. The molecule has 1 amide bonds. The highest BCUT2D eigenvalue weighted by Crippen LogP contribution is 2.38. The molecule has 1 aliphatic rings. The number of pyridine rings is 1. The Morgan fingerprint density at radius 2 is 1.86 bits per heavy atom. The lowest BCUT2D eigenvalue weighted by Crippen LogP contribution is -2.21. The maximum Gasteiger partial charge on any atom is 0.280 e. The molecule has 0 saturated carbocycles. The number of hydrogen-bond acceptors (Lipinski definition) is 8. The van der Waals surface area contributed by atoms with Gasteiger partial charge in [0.25, 0.3) is 11.6 Å². The third kappa shape index (κ3) is 4.06. The van der Waals surface area contributed by atoms with Crippen molar-refractivity contribution in [2.45, 2.75) is 20.8 Å². The molecule has 0 aliphatic carbocycles. The van der Waals surface area contributed by atoms with E-state index in [0.29, 0.717) is 44.9 Å². The van der Waals surface area contributed by atoms with Crippen LogP contribution in [0.15, 0.2) is 53.1 Å². The first-order valence-electron chi connectivity index (χ1n) is 10.5. The molecule has 3 aromatic rings. The zero-order chi connectivity index (χ0) is 25.4. The lowest BCUT2D eigenvalue weighted by atomic mass is 9.92. The number of anilines is 2. The number of nitrogens with two attached hydrogens (primary N) is 1. The molecule has 0 radical (unpaired) electrons. The molecule has 4 rings (SSSR count). The summed E-state index contributed by atoms with van der Waals surface area (Å²) in [7, 11) is 0. The number of nitriles is 1. The van der Waals surface area contributed by atoms with E-state index in [4.69, 9.17) is 5.73 Å². The number of phenols is 1. The molecule has 174 valence electrons. The maximum absolute atomic E-state index is 13.1. The number of nitro groups is 1. The van der Waals surface area contributed by atoms with Crippen molar-refractivity contribution in [3.63, 3.8) is 0 Å². The molecule has 2 aromatic carbocycles. The number of nitrogens with zero attached hydrogens (tertiary/aromatic N) is 5. The summed E-state index contributed by atoms with van der Waals surface area (Å²) in [5, 5.41) is 36.6. The number of aromatic nitrogens is 1. The van der Waals surface area contributed by atoms with Crippen LogP contribution in [0.2, 0.25) is 0 Å². The van der Waals surface area contributed by atoms with Gasteiger partial charge in [-0.1, -0.05) is 6.07 Å². The van der Waals surface area contributed by atoms with E-state index in [2.05, 4.69) is 16.2 Å². The lowest BCUT2D eigenvalue weighted by Gasteiger charge is -2.15. The third-order valence-electron chi connectivity index (χ3n) is 5.79. The molecular formula is C25H20N6O4. The molecule has 0 saturated heterocycles. The van der Waals surface area contributed by atoms with Gasteiger partial charge in [0.2, 0.25) is 0 Å². The fourth-order valence-electron chi connectivity index (χ4n) is 3.85. The first kappa shape index (κ1) is 23.1. The van der Waals surface area contributed by atoms with E-state index in [0.717, 1.165) is 0 Å². The number of non-ortho nitro benzene ring substituents is 1. The Labute approximate surface area is 200 Å². The van der Waals surface area contributed by atoms with Gasteiger partial charge in [0.15, 0.2) is 0 Å². The predicted octanol–water partition coefficient (Wildman–Crippen LogP) is 4.24. The summed E-state index contributed by atoms with van der Waals surface area (Å²) in [5.74, 6) is -0.377. The number of rotatable bonds is 4. The van der Waals surface area contributed by atoms with Crippen molar-refractivity contribution in [2.75, 3.05) is 10.7 Å². The average Bonchev–Trinajstić information content (AvgIpc) is 3.11. The summed E-state index contributed by atoms with van der Waals surface area (Å²) in [4.78, 5) is 27.7. The first-order valence-corrected chi connectivity index (χ1v) is 10.5. The van der Waals surface area contributed by atoms with Gasteiger partial charge in [0.05, 0.1) is 21.9 Å². The Bertz CT molecular complexity index is 1500. The van der Waals surface area contributed by atoms with Crippen LogP contribution in [0.3, 0.4) is 0 Å². The Hall–Kier alpha value is -5.04. The average molecular weight is 468 g/mol. The van der Waals surface area contributed by atoms with Crippen LogP contribution >= 0.6 is 0 Å². The van der Waals surface area contributed by atoms with Crippen LogP contribution in [0.1, 0.15) is 29.3 Å². The molecule has 1 aliphatic heterocycles. The SMILES string of the molecule is CC1=NN(c2ccc([N+](=O)[O-])cc2)C(=O)/C1=C\c1ccc(O)c(-c2c(C)c(C)nc(N)c2C#N)c1. The highest BCUT2D eigenvalue weighted by Gasteiger charge is 2.29. The van der Waals surface area contributed by atoms with Crippen molar-refractivity contribution in [3.05, 3.63) is 80.5 Å². The summed E-state index contributed by atoms with van der Waals surface area (Å²) in [5.41, 5.74) is 10.0. The van der Waals surface area contributed by atoms with E-state index in [1.165, 1.54) is 35.3 Å². The number of carbonyl (C=O) groups excluding carboxylic acids is 1. The van der Waals surface area contributed by atoms with Gasteiger partial charge in [-0.3, -0.25) is 14.9 Å². The number of hydrogen-bond donors (Lipinski definition) is 2. The molecule has 0 fully saturated rings. The van der Waals surface area contributed by atoms with E-state index in [1.54, 1.807) is 39.0 Å². The predicted molar refractivity (Wildman–Crippen MR) is 132 cm³/mol. The Balaban J connectivity index is 1.75. The number of carbonyl (C=O) groups is 1. The fourth-order valence-corrected chi connectivity index (χ4v) is 3.85. The molecule has 3 N–H and O–H groups in total. The number of aromatic hydroxyl groups is 1. The van der Waals surface area contributed by atoms with Crippen LogP contribution in [0, 0.1) is 35.3 Å². The van der Waals surface area contributed by atoms with Crippen molar-refractivity contribution in [1.29, 1.82) is 5.26 Å². The molecule has 0 unspecified atom stereocenters. The first-order chi connectivity index (χ1) is 16.6. The Morgan fingerprint density at radius 3 is 2.49 bits per heavy atom. The minimum absolute atomic E-state index is 0.0487. The fraction of sp³-hybridized carbons (Fsp3) is 0.120. The zero-order valence-electron chi connectivity index (χ0n) is 19.1. The van der Waals surface area contributed by atoms with Crippen molar-refractivity contribution in [3.8, 4) is 22.9 Å². The summed E-state index contributed by atoms with van der Waals surface area (Å²) in [6.07, 6.45) is 1.63. The second-order valence-electron chi connectivity index (χ2n) is 7.98. The van der Waals surface area contributed by atoms with E-state index in [9.17, 15) is 25.3 Å². The quantitative estimate of drug-likeness (QED) is 0.329. The summed E-state index contributed by atoms with van der Waals surface area (Å²) < 4.78 is 0. The molecule has 0 spiro atoms. The van der Waals surface area contributed by atoms with E-state index in [1.807, 2.05) is 0 Å². The van der Waals surface area contributed by atoms with E-state index < -0.39 is 10.8 Å². The highest BCUT2D eigenvalue weighted by atomic mass is 16.6. The van der Waals surface area contributed by atoms with Gasteiger partial charge < -0.3 is 10.8 Å².